The molecule has 7 aromatic carbocycles. The summed E-state index contributed by atoms with van der Waals surface area (Å²) in [5, 5.41) is 8.49. The SMILES string of the molecule is c1ccc2c(c1)oc1ccc(-c3nc4c(-c5ccc6sc7ccccc7c6c5)ccc(-c5ccc6sc7ccccc7c6c5)c4s3)cc12. The van der Waals surface area contributed by atoms with Crippen molar-refractivity contribution in [2.24, 2.45) is 0 Å². The van der Waals surface area contributed by atoms with Gasteiger partial charge in [-0.2, -0.15) is 0 Å². The van der Waals surface area contributed by atoms with Gasteiger partial charge in [0.2, 0.25) is 0 Å². The van der Waals surface area contributed by atoms with Crippen molar-refractivity contribution in [2.75, 3.05) is 0 Å². The second-order valence-corrected chi connectivity index (χ2v) is 15.5. The predicted octanol–water partition coefficient (Wildman–Crippen LogP) is 13.9. The highest BCUT2D eigenvalue weighted by molar-refractivity contribution is 7.26. The van der Waals surface area contributed by atoms with Gasteiger partial charge in [-0.05, 0) is 71.8 Å². The van der Waals surface area contributed by atoms with Gasteiger partial charge in [0.25, 0.3) is 0 Å². The third kappa shape index (κ3) is 3.93. The highest BCUT2D eigenvalue weighted by atomic mass is 32.1. The number of hydrogen-bond donors (Lipinski definition) is 0. The average Bonchev–Trinajstić information content (AvgIpc) is 3.91. The molecule has 4 aromatic heterocycles. The van der Waals surface area contributed by atoms with Gasteiger partial charge in [0.1, 0.15) is 16.2 Å². The van der Waals surface area contributed by atoms with E-state index < -0.39 is 0 Å². The van der Waals surface area contributed by atoms with Gasteiger partial charge in [-0.25, -0.2) is 4.98 Å². The largest absolute Gasteiger partial charge is 0.456 e. The van der Waals surface area contributed by atoms with Gasteiger partial charge in [0.15, 0.2) is 0 Å². The number of aromatic nitrogens is 1. The van der Waals surface area contributed by atoms with Crippen LogP contribution in [0.1, 0.15) is 0 Å². The van der Waals surface area contributed by atoms with Crippen LogP contribution in [0.25, 0.3) is 105 Å². The number of furan rings is 1. The van der Waals surface area contributed by atoms with Crippen LogP contribution in [0.5, 0.6) is 0 Å². The topological polar surface area (TPSA) is 26.0 Å². The van der Waals surface area contributed by atoms with Gasteiger partial charge in [0, 0.05) is 67.8 Å². The number of thiophene rings is 2. The Kier molecular flexibility index (Phi) is 5.61. The van der Waals surface area contributed by atoms with Gasteiger partial charge >= 0.3 is 0 Å². The summed E-state index contributed by atoms with van der Waals surface area (Å²) in [6.45, 7) is 0. The molecule has 0 unspecified atom stereocenters. The fourth-order valence-electron chi connectivity index (χ4n) is 7.24. The van der Waals surface area contributed by atoms with Gasteiger partial charge in [-0.3, -0.25) is 0 Å². The number of hydrogen-bond acceptors (Lipinski definition) is 5. The van der Waals surface area contributed by atoms with Crippen LogP contribution in [0.15, 0.2) is 144 Å². The summed E-state index contributed by atoms with van der Waals surface area (Å²) in [5.41, 5.74) is 8.73. The Morgan fingerprint density at radius 1 is 0.396 bits per heavy atom. The Labute approximate surface area is 286 Å². The van der Waals surface area contributed by atoms with Crippen LogP contribution >= 0.6 is 34.0 Å². The van der Waals surface area contributed by atoms with Crippen molar-refractivity contribution in [1.82, 2.24) is 4.98 Å². The van der Waals surface area contributed by atoms with Crippen molar-refractivity contribution >= 4 is 107 Å². The highest BCUT2D eigenvalue weighted by Crippen LogP contribution is 2.45. The number of benzene rings is 7. The minimum Gasteiger partial charge on any atom is -0.456 e. The van der Waals surface area contributed by atoms with E-state index in [-0.39, 0.29) is 0 Å². The van der Waals surface area contributed by atoms with E-state index in [1.165, 1.54) is 61.7 Å². The molecule has 5 heteroatoms. The van der Waals surface area contributed by atoms with Gasteiger partial charge < -0.3 is 4.42 Å². The van der Waals surface area contributed by atoms with Crippen molar-refractivity contribution in [1.29, 1.82) is 0 Å². The predicted molar refractivity (Wildman–Crippen MR) is 209 cm³/mol. The van der Waals surface area contributed by atoms with Crippen LogP contribution < -0.4 is 0 Å². The number of para-hydroxylation sites is 1. The minimum absolute atomic E-state index is 0.898. The van der Waals surface area contributed by atoms with E-state index >= 15 is 0 Å². The zero-order chi connectivity index (χ0) is 31.3. The van der Waals surface area contributed by atoms with E-state index in [2.05, 4.69) is 127 Å². The summed E-state index contributed by atoms with van der Waals surface area (Å²) < 4.78 is 12.6. The molecule has 0 aliphatic carbocycles. The third-order valence-electron chi connectivity index (χ3n) is 9.54. The van der Waals surface area contributed by atoms with Crippen LogP contribution in [-0.2, 0) is 0 Å². The zero-order valence-electron chi connectivity index (χ0n) is 25.4. The van der Waals surface area contributed by atoms with Crippen molar-refractivity contribution in [3.05, 3.63) is 140 Å². The number of fused-ring (bicyclic) bond motifs is 10. The fraction of sp³-hybridized carbons (Fsp3) is 0. The van der Waals surface area contributed by atoms with Crippen LogP contribution in [0.4, 0.5) is 0 Å². The standard InChI is InChI=1S/C43H23NOS3/c1-4-10-35-29(7-1)32-23-26(13-18-36(32)45-35)43-44-41-27(24-14-19-39-33(21-24)30-8-2-5-11-37(30)46-39)16-17-28(42(41)48-43)25-15-20-40-34(22-25)31-9-3-6-12-38(31)47-40/h1-23H. The number of thiazole rings is 1. The maximum atomic E-state index is 6.16. The quantitative estimate of drug-likeness (QED) is 0.188. The zero-order valence-corrected chi connectivity index (χ0v) is 27.8. The molecule has 11 aromatic rings. The Morgan fingerprint density at radius 2 is 0.938 bits per heavy atom. The molecule has 0 radical (unpaired) electrons. The summed E-state index contributed by atoms with van der Waals surface area (Å²) in [6.07, 6.45) is 0. The monoisotopic (exact) mass is 665 g/mol. The van der Waals surface area contributed by atoms with E-state index in [1.54, 1.807) is 11.3 Å². The van der Waals surface area contributed by atoms with Crippen LogP contribution in [-0.4, -0.2) is 4.98 Å². The van der Waals surface area contributed by atoms with E-state index in [9.17, 15) is 0 Å². The van der Waals surface area contributed by atoms with Gasteiger partial charge in [-0.1, -0.05) is 78.9 Å². The summed E-state index contributed by atoms with van der Waals surface area (Å²) >= 11 is 5.49. The fourth-order valence-corrected chi connectivity index (χ4v) is 10.5. The number of rotatable bonds is 3. The van der Waals surface area contributed by atoms with Gasteiger partial charge in [0.05, 0.1) is 10.2 Å². The normalized spacial score (nSPS) is 12.2. The molecule has 48 heavy (non-hydrogen) atoms. The molecule has 0 atom stereocenters. The second kappa shape index (κ2) is 10.1. The first-order valence-corrected chi connectivity index (χ1v) is 18.4. The molecule has 224 valence electrons. The molecule has 0 aliphatic rings. The summed E-state index contributed by atoms with van der Waals surface area (Å²) in [6, 6.07) is 50.6. The molecule has 0 bridgehead atoms. The summed E-state index contributed by atoms with van der Waals surface area (Å²) in [7, 11) is 0. The van der Waals surface area contributed by atoms with Crippen LogP contribution in [0.3, 0.4) is 0 Å². The highest BCUT2D eigenvalue weighted by Gasteiger charge is 2.19. The first-order valence-electron chi connectivity index (χ1n) is 15.9. The smallest absolute Gasteiger partial charge is 0.135 e. The molecule has 4 heterocycles. The molecule has 0 aliphatic heterocycles. The Bertz CT molecular complexity index is 2930. The molecular formula is C43H23NOS3. The maximum Gasteiger partial charge on any atom is 0.135 e. The first kappa shape index (κ1) is 26.7. The second-order valence-electron chi connectivity index (χ2n) is 12.3. The molecule has 0 amide bonds. The Morgan fingerprint density at radius 3 is 1.67 bits per heavy atom. The molecule has 0 spiro atoms. The Balaban J connectivity index is 1.16. The van der Waals surface area contributed by atoms with Crippen LogP contribution in [0, 0.1) is 0 Å². The third-order valence-corrected chi connectivity index (χ3v) is 13.0. The minimum atomic E-state index is 0.898. The van der Waals surface area contributed by atoms with Crippen molar-refractivity contribution in [2.45, 2.75) is 0 Å². The Hall–Kier alpha value is -5.33. The summed E-state index contributed by atoms with van der Waals surface area (Å²) in [4.78, 5) is 5.44. The molecule has 0 saturated carbocycles. The van der Waals surface area contributed by atoms with Crippen molar-refractivity contribution in [3.8, 4) is 32.8 Å². The first-order chi connectivity index (χ1) is 23.7. The maximum absolute atomic E-state index is 6.16. The lowest BCUT2D eigenvalue weighted by Gasteiger charge is -2.09. The lowest BCUT2D eigenvalue weighted by molar-refractivity contribution is 0.669. The van der Waals surface area contributed by atoms with Crippen molar-refractivity contribution < 1.29 is 4.42 Å². The molecule has 11 rings (SSSR count). The molecule has 0 N–H and O–H groups in total. The average molecular weight is 666 g/mol. The lowest BCUT2D eigenvalue weighted by atomic mass is 9.97. The molecule has 0 saturated heterocycles. The molecule has 0 fully saturated rings. The van der Waals surface area contributed by atoms with Crippen molar-refractivity contribution in [3.63, 3.8) is 0 Å². The van der Waals surface area contributed by atoms with E-state index in [0.29, 0.717) is 0 Å². The lowest BCUT2D eigenvalue weighted by Crippen LogP contribution is -1.85. The van der Waals surface area contributed by atoms with E-state index in [0.717, 1.165) is 43.6 Å². The van der Waals surface area contributed by atoms with Gasteiger partial charge in [-0.15, -0.1) is 34.0 Å². The van der Waals surface area contributed by atoms with E-state index in [1.807, 2.05) is 34.8 Å². The molecule has 2 nitrogen and oxygen atoms in total. The summed E-state index contributed by atoms with van der Waals surface area (Å²) in [5.74, 6) is 0. The molecular weight excluding hydrogens is 643 g/mol. The number of nitrogens with zero attached hydrogens (tertiary/aromatic N) is 1. The van der Waals surface area contributed by atoms with Crippen LogP contribution in [0.2, 0.25) is 0 Å². The van der Waals surface area contributed by atoms with E-state index in [4.69, 9.17) is 9.40 Å².